The number of hydrogen-bond acceptors (Lipinski definition) is 3. The van der Waals surface area contributed by atoms with Crippen molar-refractivity contribution in [3.8, 4) is 0 Å². The van der Waals surface area contributed by atoms with Crippen LogP contribution in [0.2, 0.25) is 5.02 Å². The third kappa shape index (κ3) is 3.21. The number of rotatable bonds is 3. The summed E-state index contributed by atoms with van der Waals surface area (Å²) in [6, 6.07) is 18.9. The van der Waals surface area contributed by atoms with Crippen molar-refractivity contribution in [3.05, 3.63) is 99.8 Å². The lowest BCUT2D eigenvalue weighted by Crippen LogP contribution is -2.50. The Bertz CT molecular complexity index is 1230. The highest BCUT2D eigenvalue weighted by Crippen LogP contribution is 2.55. The summed E-state index contributed by atoms with van der Waals surface area (Å²) in [5.74, 6) is -0.343. The molecule has 5 rings (SSSR count). The van der Waals surface area contributed by atoms with Crippen LogP contribution >= 0.6 is 23.4 Å². The first-order chi connectivity index (χ1) is 15.4. The Kier molecular flexibility index (Phi) is 5.22. The molecule has 0 aliphatic carbocycles. The average molecular weight is 467 g/mol. The molecule has 0 unspecified atom stereocenters. The second kappa shape index (κ2) is 7.94. The van der Waals surface area contributed by atoms with Crippen molar-refractivity contribution >= 4 is 40.9 Å². The molecule has 0 saturated carbocycles. The predicted molar refractivity (Wildman–Crippen MR) is 125 cm³/mol. The van der Waals surface area contributed by atoms with Gasteiger partial charge in [-0.15, -0.1) is 11.8 Å². The molecule has 0 N–H and O–H groups in total. The number of carbonyl (C=O) groups excluding carboxylic acids is 2. The summed E-state index contributed by atoms with van der Waals surface area (Å²) in [4.78, 5) is 29.4. The van der Waals surface area contributed by atoms with Crippen molar-refractivity contribution in [2.45, 2.75) is 18.3 Å². The number of carbonyl (C=O) groups is 2. The maximum Gasteiger partial charge on any atom is 0.268 e. The van der Waals surface area contributed by atoms with Crippen molar-refractivity contribution in [2.75, 3.05) is 17.2 Å². The standard InChI is InChI=1S/C25H20ClFN2O2S/c1-16-6-8-17(9-7-16)23(30)29-12-13-32-25(29)20-14-19(27)10-11-22(20)28(24(25)31)15-18-4-2-3-5-21(18)26/h2-11,14H,12-13,15H2,1H3/t25-/m1/s1. The van der Waals surface area contributed by atoms with Gasteiger partial charge in [0.15, 0.2) is 4.87 Å². The Balaban J connectivity index is 1.60. The number of hydrogen-bond donors (Lipinski definition) is 0. The second-order valence-electron chi connectivity index (χ2n) is 7.96. The molecule has 1 spiro atoms. The minimum absolute atomic E-state index is 0.238. The fourth-order valence-electron chi connectivity index (χ4n) is 4.39. The first-order valence-corrected chi connectivity index (χ1v) is 11.7. The van der Waals surface area contributed by atoms with Crippen LogP contribution in [0.4, 0.5) is 10.1 Å². The summed E-state index contributed by atoms with van der Waals surface area (Å²) in [5, 5.41) is 0.552. The predicted octanol–water partition coefficient (Wildman–Crippen LogP) is 5.38. The van der Waals surface area contributed by atoms with Crippen LogP contribution in [0.15, 0.2) is 66.7 Å². The Hall–Kier alpha value is -2.83. The molecular formula is C25H20ClFN2O2S. The molecule has 1 fully saturated rings. The van der Waals surface area contributed by atoms with E-state index >= 15 is 0 Å². The van der Waals surface area contributed by atoms with Gasteiger partial charge in [-0.25, -0.2) is 4.39 Å². The second-order valence-corrected chi connectivity index (χ2v) is 9.65. The third-order valence-corrected chi connectivity index (χ3v) is 7.77. The molecule has 2 amide bonds. The van der Waals surface area contributed by atoms with E-state index < -0.39 is 10.7 Å². The van der Waals surface area contributed by atoms with Crippen LogP contribution in [-0.2, 0) is 16.2 Å². The Morgan fingerprint density at radius 2 is 1.88 bits per heavy atom. The lowest BCUT2D eigenvalue weighted by molar-refractivity contribution is -0.123. The maximum absolute atomic E-state index is 14.4. The van der Waals surface area contributed by atoms with Crippen LogP contribution in [0.3, 0.4) is 0 Å². The highest BCUT2D eigenvalue weighted by atomic mass is 35.5. The molecule has 4 nitrogen and oxygen atoms in total. The van der Waals surface area contributed by atoms with E-state index in [-0.39, 0.29) is 18.4 Å². The number of fused-ring (bicyclic) bond motifs is 2. The first-order valence-electron chi connectivity index (χ1n) is 10.3. The van der Waals surface area contributed by atoms with E-state index in [2.05, 4.69) is 0 Å². The van der Waals surface area contributed by atoms with Crippen LogP contribution in [0.25, 0.3) is 0 Å². The molecule has 2 aliphatic heterocycles. The van der Waals surface area contributed by atoms with Gasteiger partial charge in [0.1, 0.15) is 5.82 Å². The molecular weight excluding hydrogens is 447 g/mol. The summed E-state index contributed by atoms with van der Waals surface area (Å²) >= 11 is 7.74. The van der Waals surface area contributed by atoms with E-state index in [4.69, 9.17) is 11.6 Å². The number of thioether (sulfide) groups is 1. The van der Waals surface area contributed by atoms with Crippen LogP contribution < -0.4 is 4.90 Å². The van der Waals surface area contributed by atoms with Gasteiger partial charge in [0, 0.05) is 28.4 Å². The number of benzene rings is 3. The largest absolute Gasteiger partial charge is 0.311 e. The summed E-state index contributed by atoms with van der Waals surface area (Å²) in [7, 11) is 0. The first kappa shape index (κ1) is 21.0. The minimum Gasteiger partial charge on any atom is -0.311 e. The van der Waals surface area contributed by atoms with Gasteiger partial charge in [-0.1, -0.05) is 47.5 Å². The fraction of sp³-hybridized carbons (Fsp3) is 0.200. The monoisotopic (exact) mass is 466 g/mol. The quantitative estimate of drug-likeness (QED) is 0.520. The highest BCUT2D eigenvalue weighted by molar-refractivity contribution is 8.01. The Morgan fingerprint density at radius 3 is 2.62 bits per heavy atom. The summed E-state index contributed by atoms with van der Waals surface area (Å²) in [6.07, 6.45) is 0. The highest BCUT2D eigenvalue weighted by Gasteiger charge is 2.59. The summed E-state index contributed by atoms with van der Waals surface area (Å²) < 4.78 is 14.4. The van der Waals surface area contributed by atoms with Gasteiger partial charge >= 0.3 is 0 Å². The number of aryl methyl sites for hydroxylation is 1. The topological polar surface area (TPSA) is 40.6 Å². The molecule has 1 saturated heterocycles. The minimum atomic E-state index is -1.29. The number of nitrogens with zero attached hydrogens (tertiary/aromatic N) is 2. The number of halogens is 2. The van der Waals surface area contributed by atoms with Gasteiger partial charge in [-0.2, -0.15) is 0 Å². The summed E-state index contributed by atoms with van der Waals surface area (Å²) in [5.41, 5.74) is 3.45. The van der Waals surface area contributed by atoms with Crippen molar-refractivity contribution in [3.63, 3.8) is 0 Å². The molecule has 0 bridgehead atoms. The average Bonchev–Trinajstić information content (AvgIpc) is 3.32. The molecule has 3 aromatic carbocycles. The van der Waals surface area contributed by atoms with E-state index in [1.807, 2.05) is 37.3 Å². The SMILES string of the molecule is Cc1ccc(C(=O)N2CCS[C@]23C(=O)N(Cc2ccccc2Cl)c2ccc(F)cc23)cc1. The molecule has 2 aliphatic rings. The van der Waals surface area contributed by atoms with Gasteiger partial charge in [0.2, 0.25) is 0 Å². The van der Waals surface area contributed by atoms with Gasteiger partial charge in [0.25, 0.3) is 11.8 Å². The molecule has 7 heteroatoms. The number of anilines is 1. The van der Waals surface area contributed by atoms with E-state index in [0.717, 1.165) is 11.1 Å². The van der Waals surface area contributed by atoms with E-state index in [1.165, 1.54) is 23.9 Å². The van der Waals surface area contributed by atoms with E-state index in [0.29, 0.717) is 34.1 Å². The Morgan fingerprint density at radius 1 is 1.12 bits per heavy atom. The van der Waals surface area contributed by atoms with E-state index in [1.54, 1.807) is 34.1 Å². The lowest BCUT2D eigenvalue weighted by atomic mass is 10.0. The zero-order valence-corrected chi connectivity index (χ0v) is 18.9. The molecule has 1 atom stereocenters. The molecule has 3 aromatic rings. The van der Waals surface area contributed by atoms with Crippen molar-refractivity contribution in [2.24, 2.45) is 0 Å². The van der Waals surface area contributed by atoms with Gasteiger partial charge in [-0.3, -0.25) is 9.59 Å². The summed E-state index contributed by atoms with van der Waals surface area (Å²) in [6.45, 7) is 2.60. The number of amides is 2. The molecule has 0 aromatic heterocycles. The van der Waals surface area contributed by atoms with Gasteiger partial charge < -0.3 is 9.80 Å². The molecule has 2 heterocycles. The molecule has 0 radical (unpaired) electrons. The van der Waals surface area contributed by atoms with Crippen LogP contribution in [0.1, 0.15) is 27.0 Å². The zero-order valence-electron chi connectivity index (χ0n) is 17.3. The van der Waals surface area contributed by atoms with Crippen molar-refractivity contribution < 1.29 is 14.0 Å². The normalized spacial score (nSPS) is 19.7. The van der Waals surface area contributed by atoms with Crippen molar-refractivity contribution in [1.82, 2.24) is 4.90 Å². The van der Waals surface area contributed by atoms with Gasteiger partial charge in [-0.05, 0) is 48.9 Å². The van der Waals surface area contributed by atoms with Crippen LogP contribution in [0, 0.1) is 12.7 Å². The Labute approximate surface area is 195 Å². The molecule has 32 heavy (non-hydrogen) atoms. The van der Waals surface area contributed by atoms with E-state index in [9.17, 15) is 14.0 Å². The van der Waals surface area contributed by atoms with Crippen LogP contribution in [-0.4, -0.2) is 29.0 Å². The van der Waals surface area contributed by atoms with Gasteiger partial charge in [0.05, 0.1) is 12.2 Å². The fourth-order valence-corrected chi connectivity index (χ4v) is 6.04. The lowest BCUT2D eigenvalue weighted by Gasteiger charge is -2.33. The van der Waals surface area contributed by atoms with Crippen molar-refractivity contribution in [1.29, 1.82) is 0 Å². The third-order valence-electron chi connectivity index (χ3n) is 5.99. The molecule has 162 valence electrons. The smallest absolute Gasteiger partial charge is 0.268 e. The zero-order chi connectivity index (χ0) is 22.5. The van der Waals surface area contributed by atoms with Crippen LogP contribution in [0.5, 0.6) is 0 Å². The maximum atomic E-state index is 14.4.